The van der Waals surface area contributed by atoms with Crippen LogP contribution in [-0.4, -0.2) is 27.8 Å². The van der Waals surface area contributed by atoms with Crippen LogP contribution in [0.3, 0.4) is 0 Å². The molecule has 1 aliphatic rings. The van der Waals surface area contributed by atoms with E-state index in [9.17, 15) is 0 Å². The SMILES string of the molecule is Cn1ncc(Br)c1-c1cc(N)cc2cc(CN3CCCC3)oc12. The molecule has 5 nitrogen and oxygen atoms in total. The first-order chi connectivity index (χ1) is 11.1. The highest BCUT2D eigenvalue weighted by atomic mass is 79.9. The van der Waals surface area contributed by atoms with Crippen molar-refractivity contribution < 1.29 is 4.42 Å². The van der Waals surface area contributed by atoms with Gasteiger partial charge in [0.1, 0.15) is 11.3 Å². The van der Waals surface area contributed by atoms with Gasteiger partial charge in [0.2, 0.25) is 0 Å². The molecule has 0 spiro atoms. The summed E-state index contributed by atoms with van der Waals surface area (Å²) in [6, 6.07) is 6.03. The van der Waals surface area contributed by atoms with Gasteiger partial charge in [-0.05, 0) is 60.1 Å². The van der Waals surface area contributed by atoms with E-state index in [0.717, 1.165) is 57.8 Å². The zero-order valence-electron chi connectivity index (χ0n) is 13.1. The first-order valence-corrected chi connectivity index (χ1v) is 8.63. The first kappa shape index (κ1) is 14.8. The number of anilines is 1. The van der Waals surface area contributed by atoms with Gasteiger partial charge in [-0.1, -0.05) is 0 Å². The van der Waals surface area contributed by atoms with E-state index in [2.05, 4.69) is 32.0 Å². The lowest BCUT2D eigenvalue weighted by molar-refractivity contribution is 0.302. The van der Waals surface area contributed by atoms with Gasteiger partial charge in [0.15, 0.2) is 0 Å². The van der Waals surface area contributed by atoms with Crippen LogP contribution in [0.2, 0.25) is 0 Å². The molecule has 1 aliphatic heterocycles. The van der Waals surface area contributed by atoms with E-state index >= 15 is 0 Å². The van der Waals surface area contributed by atoms with Gasteiger partial charge in [0, 0.05) is 23.7 Å². The Kier molecular flexibility index (Phi) is 3.66. The third kappa shape index (κ3) is 2.66. The van der Waals surface area contributed by atoms with Crippen molar-refractivity contribution in [1.29, 1.82) is 0 Å². The van der Waals surface area contributed by atoms with E-state index in [0.29, 0.717) is 0 Å². The van der Waals surface area contributed by atoms with Gasteiger partial charge in [-0.25, -0.2) is 0 Å². The molecule has 1 fully saturated rings. The molecule has 0 amide bonds. The van der Waals surface area contributed by atoms with Crippen molar-refractivity contribution in [1.82, 2.24) is 14.7 Å². The van der Waals surface area contributed by atoms with E-state index < -0.39 is 0 Å². The number of rotatable bonds is 3. The molecule has 1 saturated heterocycles. The summed E-state index contributed by atoms with van der Waals surface area (Å²) in [6.45, 7) is 3.17. The van der Waals surface area contributed by atoms with E-state index in [4.69, 9.17) is 10.2 Å². The lowest BCUT2D eigenvalue weighted by Gasteiger charge is -2.11. The Morgan fingerprint density at radius 2 is 2.04 bits per heavy atom. The molecule has 0 saturated carbocycles. The summed E-state index contributed by atoms with van der Waals surface area (Å²) >= 11 is 3.57. The fourth-order valence-corrected chi connectivity index (χ4v) is 3.92. The average molecular weight is 375 g/mol. The molecule has 3 aromatic rings. The van der Waals surface area contributed by atoms with Gasteiger partial charge >= 0.3 is 0 Å². The normalized spacial score (nSPS) is 15.7. The molecule has 23 heavy (non-hydrogen) atoms. The topological polar surface area (TPSA) is 60.2 Å². The van der Waals surface area contributed by atoms with Crippen LogP contribution < -0.4 is 5.73 Å². The molecular formula is C17H19BrN4O. The fraction of sp³-hybridized carbons (Fsp3) is 0.353. The van der Waals surface area contributed by atoms with Crippen molar-refractivity contribution in [3.05, 3.63) is 34.6 Å². The Labute approximate surface area is 143 Å². The summed E-state index contributed by atoms with van der Waals surface area (Å²) in [5.41, 5.74) is 9.66. The molecule has 0 atom stereocenters. The zero-order chi connectivity index (χ0) is 16.0. The molecule has 1 aromatic carbocycles. The van der Waals surface area contributed by atoms with E-state index in [1.807, 2.05) is 23.9 Å². The van der Waals surface area contributed by atoms with Crippen LogP contribution >= 0.6 is 15.9 Å². The number of furan rings is 1. The molecule has 4 rings (SSSR count). The van der Waals surface area contributed by atoms with Gasteiger partial charge < -0.3 is 10.2 Å². The molecule has 120 valence electrons. The second kappa shape index (κ2) is 5.69. The van der Waals surface area contributed by atoms with Crippen molar-refractivity contribution in [2.75, 3.05) is 18.8 Å². The van der Waals surface area contributed by atoms with E-state index in [1.165, 1.54) is 12.8 Å². The van der Waals surface area contributed by atoms with Gasteiger partial charge in [-0.3, -0.25) is 9.58 Å². The molecule has 6 heteroatoms. The number of hydrogen-bond donors (Lipinski definition) is 1. The molecule has 0 radical (unpaired) electrons. The van der Waals surface area contributed by atoms with Crippen molar-refractivity contribution in [3.63, 3.8) is 0 Å². The number of benzene rings is 1. The number of nitrogens with zero attached hydrogens (tertiary/aromatic N) is 3. The molecule has 2 aromatic heterocycles. The molecule has 0 bridgehead atoms. The first-order valence-electron chi connectivity index (χ1n) is 7.84. The zero-order valence-corrected chi connectivity index (χ0v) is 14.6. The molecule has 0 aliphatic carbocycles. The number of aryl methyl sites for hydroxylation is 1. The highest BCUT2D eigenvalue weighted by Crippen LogP contribution is 2.37. The number of nitrogens with two attached hydrogens (primary N) is 1. The van der Waals surface area contributed by atoms with Crippen molar-refractivity contribution in [2.24, 2.45) is 7.05 Å². The monoisotopic (exact) mass is 374 g/mol. The number of likely N-dealkylation sites (tertiary alicyclic amines) is 1. The summed E-state index contributed by atoms with van der Waals surface area (Å²) in [5, 5.41) is 5.34. The predicted octanol–water partition coefficient (Wildman–Crippen LogP) is 3.77. The smallest absolute Gasteiger partial charge is 0.143 e. The van der Waals surface area contributed by atoms with Crippen LogP contribution in [0.25, 0.3) is 22.2 Å². The van der Waals surface area contributed by atoms with Gasteiger partial charge in [-0.15, -0.1) is 0 Å². The maximum absolute atomic E-state index is 6.19. The van der Waals surface area contributed by atoms with E-state index in [1.54, 1.807) is 6.20 Å². The van der Waals surface area contributed by atoms with Crippen LogP contribution in [0.1, 0.15) is 18.6 Å². The Hall–Kier alpha value is -1.79. The number of nitrogen functional groups attached to an aromatic ring is 1. The number of aromatic nitrogens is 2. The predicted molar refractivity (Wildman–Crippen MR) is 95.0 cm³/mol. The quantitative estimate of drug-likeness (QED) is 0.708. The third-order valence-corrected chi connectivity index (χ3v) is 5.00. The number of halogens is 1. The summed E-state index contributed by atoms with van der Waals surface area (Å²) in [4.78, 5) is 2.43. The van der Waals surface area contributed by atoms with Crippen LogP contribution in [0.5, 0.6) is 0 Å². The van der Waals surface area contributed by atoms with Gasteiger partial charge in [0.25, 0.3) is 0 Å². The Morgan fingerprint density at radius 3 is 2.74 bits per heavy atom. The summed E-state index contributed by atoms with van der Waals surface area (Å²) < 4.78 is 8.96. The summed E-state index contributed by atoms with van der Waals surface area (Å²) in [6.07, 6.45) is 4.35. The number of hydrogen-bond acceptors (Lipinski definition) is 4. The second-order valence-electron chi connectivity index (χ2n) is 6.15. The minimum Gasteiger partial charge on any atom is -0.459 e. The summed E-state index contributed by atoms with van der Waals surface area (Å²) in [7, 11) is 1.92. The average Bonchev–Trinajstić information content (AvgIpc) is 3.20. The summed E-state index contributed by atoms with van der Waals surface area (Å²) in [5.74, 6) is 0.993. The molecule has 3 heterocycles. The lowest BCUT2D eigenvalue weighted by Crippen LogP contribution is -2.17. The van der Waals surface area contributed by atoms with Crippen LogP contribution in [0, 0.1) is 0 Å². The standard InChI is InChI=1S/C17H19BrN4O/c1-21-16(15(18)9-20-21)14-8-12(19)6-11-7-13(23-17(11)14)10-22-4-2-3-5-22/h6-9H,2-5,10,19H2,1H3. The maximum Gasteiger partial charge on any atom is 0.143 e. The van der Waals surface area contributed by atoms with Gasteiger partial charge in [0.05, 0.1) is 22.9 Å². The largest absolute Gasteiger partial charge is 0.459 e. The molecular weight excluding hydrogens is 356 g/mol. The highest BCUT2D eigenvalue weighted by molar-refractivity contribution is 9.10. The van der Waals surface area contributed by atoms with E-state index in [-0.39, 0.29) is 0 Å². The van der Waals surface area contributed by atoms with Crippen molar-refractivity contribution >= 4 is 32.6 Å². The lowest BCUT2D eigenvalue weighted by atomic mass is 10.1. The van der Waals surface area contributed by atoms with Crippen LogP contribution in [0.4, 0.5) is 5.69 Å². The fourth-order valence-electron chi connectivity index (χ4n) is 3.36. The second-order valence-corrected chi connectivity index (χ2v) is 7.00. The third-order valence-electron chi connectivity index (χ3n) is 4.42. The Bertz CT molecular complexity index is 841. The number of fused-ring (bicyclic) bond motifs is 1. The Morgan fingerprint density at radius 1 is 1.26 bits per heavy atom. The van der Waals surface area contributed by atoms with Crippen LogP contribution in [-0.2, 0) is 13.6 Å². The molecule has 0 unspecified atom stereocenters. The van der Waals surface area contributed by atoms with Crippen LogP contribution in [0.15, 0.2) is 33.3 Å². The van der Waals surface area contributed by atoms with Crippen molar-refractivity contribution in [2.45, 2.75) is 19.4 Å². The van der Waals surface area contributed by atoms with Gasteiger partial charge in [-0.2, -0.15) is 5.10 Å². The Balaban J connectivity index is 1.82. The maximum atomic E-state index is 6.19. The van der Waals surface area contributed by atoms with Crippen molar-refractivity contribution in [3.8, 4) is 11.3 Å². The molecule has 2 N–H and O–H groups in total. The highest BCUT2D eigenvalue weighted by Gasteiger charge is 2.19. The minimum atomic E-state index is 0.731. The minimum absolute atomic E-state index is 0.731.